The Hall–Kier alpha value is -2.14. The van der Waals surface area contributed by atoms with Crippen molar-refractivity contribution in [3.63, 3.8) is 0 Å². The van der Waals surface area contributed by atoms with Gasteiger partial charge in [-0.3, -0.25) is 9.89 Å². The van der Waals surface area contributed by atoms with Crippen LogP contribution in [0, 0.1) is 0 Å². The number of rotatable bonds is 5. The number of amides is 1. The molecule has 0 spiro atoms. The molecule has 0 saturated heterocycles. The number of nitrogens with one attached hydrogen (secondary N) is 1. The van der Waals surface area contributed by atoms with Crippen molar-refractivity contribution in [1.29, 1.82) is 0 Å². The molecule has 0 saturated carbocycles. The molecule has 0 bridgehead atoms. The minimum Gasteiger partial charge on any atom is -0.394 e. The fraction of sp³-hybridized carbons (Fsp3) is 0.412. The van der Waals surface area contributed by atoms with Crippen molar-refractivity contribution >= 4 is 5.91 Å². The summed E-state index contributed by atoms with van der Waals surface area (Å²) in [4.78, 5) is 14.5. The summed E-state index contributed by atoms with van der Waals surface area (Å²) in [6, 6.07) is 9.87. The standard InChI is InChI=1S/C17H21N3O2/c1-2-12(13-6-4-3-5-7-13)8-17(22)20-10-15-14(9-18-19-15)16(20)11-21/h3-7,9,12,16,21H,2,8,10-11H2,1H3,(H,18,19). The average molecular weight is 299 g/mol. The van der Waals surface area contributed by atoms with Crippen molar-refractivity contribution in [2.45, 2.75) is 38.3 Å². The molecule has 1 aliphatic rings. The number of aromatic nitrogens is 2. The number of nitrogens with zero attached hydrogens (tertiary/aromatic N) is 2. The van der Waals surface area contributed by atoms with Gasteiger partial charge in [0.1, 0.15) is 0 Å². The van der Waals surface area contributed by atoms with E-state index in [-0.39, 0.29) is 24.5 Å². The predicted octanol–water partition coefficient (Wildman–Crippen LogP) is 2.37. The number of carbonyl (C=O) groups is 1. The van der Waals surface area contributed by atoms with Gasteiger partial charge in [-0.25, -0.2) is 0 Å². The summed E-state index contributed by atoms with van der Waals surface area (Å²) in [5.74, 6) is 0.296. The molecule has 0 fully saturated rings. The molecule has 2 unspecified atom stereocenters. The zero-order chi connectivity index (χ0) is 15.5. The summed E-state index contributed by atoms with van der Waals surface area (Å²) < 4.78 is 0. The second-order valence-electron chi connectivity index (χ2n) is 5.74. The van der Waals surface area contributed by atoms with Crippen LogP contribution in [0.1, 0.15) is 48.5 Å². The van der Waals surface area contributed by atoms with Crippen LogP contribution < -0.4 is 0 Å². The van der Waals surface area contributed by atoms with E-state index in [2.05, 4.69) is 29.3 Å². The van der Waals surface area contributed by atoms with E-state index >= 15 is 0 Å². The molecule has 116 valence electrons. The summed E-state index contributed by atoms with van der Waals surface area (Å²) in [5.41, 5.74) is 3.06. The molecule has 5 heteroatoms. The third kappa shape index (κ3) is 2.64. The fourth-order valence-electron chi connectivity index (χ4n) is 3.19. The summed E-state index contributed by atoms with van der Waals surface area (Å²) in [6.45, 7) is 2.54. The molecule has 0 radical (unpaired) electrons. The third-order valence-electron chi connectivity index (χ3n) is 4.49. The number of aliphatic hydroxyl groups is 1. The number of hydrogen-bond donors (Lipinski definition) is 2. The van der Waals surface area contributed by atoms with Crippen molar-refractivity contribution < 1.29 is 9.90 Å². The minimum absolute atomic E-state index is 0.0690. The van der Waals surface area contributed by atoms with Crippen LogP contribution in [0.4, 0.5) is 0 Å². The van der Waals surface area contributed by atoms with Crippen LogP contribution in [0.25, 0.3) is 0 Å². The third-order valence-corrected chi connectivity index (χ3v) is 4.49. The van der Waals surface area contributed by atoms with Crippen LogP contribution in [0.3, 0.4) is 0 Å². The van der Waals surface area contributed by atoms with Crippen LogP contribution in [-0.2, 0) is 11.3 Å². The highest BCUT2D eigenvalue weighted by molar-refractivity contribution is 5.78. The minimum atomic E-state index is -0.269. The Morgan fingerprint density at radius 1 is 1.45 bits per heavy atom. The highest BCUT2D eigenvalue weighted by Crippen LogP contribution is 2.34. The van der Waals surface area contributed by atoms with Gasteiger partial charge >= 0.3 is 0 Å². The van der Waals surface area contributed by atoms with Gasteiger partial charge in [0.25, 0.3) is 0 Å². The van der Waals surface area contributed by atoms with E-state index in [0.29, 0.717) is 13.0 Å². The molecule has 1 amide bonds. The molecule has 2 aromatic rings. The van der Waals surface area contributed by atoms with Gasteiger partial charge in [0.2, 0.25) is 5.91 Å². The highest BCUT2D eigenvalue weighted by Gasteiger charge is 2.35. The van der Waals surface area contributed by atoms with Crippen LogP contribution >= 0.6 is 0 Å². The lowest BCUT2D eigenvalue weighted by Crippen LogP contribution is -2.32. The van der Waals surface area contributed by atoms with Gasteiger partial charge in [-0.1, -0.05) is 37.3 Å². The van der Waals surface area contributed by atoms with Crippen LogP contribution in [-0.4, -0.2) is 32.7 Å². The fourth-order valence-corrected chi connectivity index (χ4v) is 3.19. The molecule has 1 aromatic carbocycles. The summed E-state index contributed by atoms with van der Waals surface area (Å²) in [7, 11) is 0. The first-order valence-electron chi connectivity index (χ1n) is 7.72. The van der Waals surface area contributed by atoms with Crippen molar-refractivity contribution in [3.05, 3.63) is 53.3 Å². The lowest BCUT2D eigenvalue weighted by molar-refractivity contribution is -0.135. The zero-order valence-corrected chi connectivity index (χ0v) is 12.7. The van der Waals surface area contributed by atoms with Crippen LogP contribution in [0.2, 0.25) is 0 Å². The summed E-state index contributed by atoms with van der Waals surface area (Å²) >= 11 is 0. The number of aliphatic hydroxyl groups excluding tert-OH is 1. The molecular weight excluding hydrogens is 278 g/mol. The quantitative estimate of drug-likeness (QED) is 0.890. The molecule has 2 atom stereocenters. The summed E-state index contributed by atoms with van der Waals surface area (Å²) in [6.07, 6.45) is 3.09. The van der Waals surface area contributed by atoms with Gasteiger partial charge in [0.15, 0.2) is 0 Å². The normalized spacial score (nSPS) is 18.3. The van der Waals surface area contributed by atoms with Gasteiger partial charge in [-0.15, -0.1) is 0 Å². The smallest absolute Gasteiger partial charge is 0.224 e. The number of benzene rings is 1. The van der Waals surface area contributed by atoms with E-state index < -0.39 is 0 Å². The molecular formula is C17H21N3O2. The van der Waals surface area contributed by atoms with Gasteiger partial charge in [-0.2, -0.15) is 5.10 Å². The lowest BCUT2D eigenvalue weighted by atomic mass is 9.92. The molecule has 2 heterocycles. The Kier molecular flexibility index (Phi) is 4.24. The molecule has 5 nitrogen and oxygen atoms in total. The number of fused-ring (bicyclic) bond motifs is 1. The Bertz CT molecular complexity index is 638. The Labute approximate surface area is 130 Å². The van der Waals surface area contributed by atoms with Crippen molar-refractivity contribution in [3.8, 4) is 0 Å². The molecule has 0 aliphatic carbocycles. The molecule has 1 aromatic heterocycles. The maximum Gasteiger partial charge on any atom is 0.224 e. The maximum atomic E-state index is 12.7. The van der Waals surface area contributed by atoms with Crippen molar-refractivity contribution in [2.75, 3.05) is 6.61 Å². The SMILES string of the molecule is CCC(CC(=O)N1Cc2[nH]ncc2C1CO)c1ccccc1. The molecule has 1 aliphatic heterocycles. The summed E-state index contributed by atoms with van der Waals surface area (Å²) in [5, 5.41) is 16.5. The topological polar surface area (TPSA) is 69.2 Å². The Morgan fingerprint density at radius 3 is 2.91 bits per heavy atom. The Balaban J connectivity index is 1.73. The van der Waals surface area contributed by atoms with E-state index in [1.165, 1.54) is 5.56 Å². The van der Waals surface area contributed by atoms with Gasteiger partial charge in [0, 0.05) is 12.0 Å². The first-order valence-corrected chi connectivity index (χ1v) is 7.72. The molecule has 2 N–H and O–H groups in total. The van der Waals surface area contributed by atoms with Crippen LogP contribution in [0.15, 0.2) is 36.5 Å². The van der Waals surface area contributed by atoms with E-state index in [4.69, 9.17) is 0 Å². The van der Waals surface area contributed by atoms with E-state index in [1.807, 2.05) is 18.2 Å². The van der Waals surface area contributed by atoms with Crippen LogP contribution in [0.5, 0.6) is 0 Å². The van der Waals surface area contributed by atoms with Gasteiger partial charge < -0.3 is 10.0 Å². The second kappa shape index (κ2) is 6.32. The number of hydrogen-bond acceptors (Lipinski definition) is 3. The van der Waals surface area contributed by atoms with Crippen molar-refractivity contribution in [1.82, 2.24) is 15.1 Å². The first-order chi connectivity index (χ1) is 10.7. The number of aromatic amines is 1. The zero-order valence-electron chi connectivity index (χ0n) is 12.7. The first kappa shape index (κ1) is 14.8. The Morgan fingerprint density at radius 2 is 2.23 bits per heavy atom. The highest BCUT2D eigenvalue weighted by atomic mass is 16.3. The van der Waals surface area contributed by atoms with E-state index in [0.717, 1.165) is 17.7 Å². The molecule has 3 rings (SSSR count). The predicted molar refractivity (Wildman–Crippen MR) is 83.1 cm³/mol. The lowest BCUT2D eigenvalue weighted by Gasteiger charge is -2.25. The number of carbonyl (C=O) groups excluding carboxylic acids is 1. The van der Waals surface area contributed by atoms with E-state index in [1.54, 1.807) is 11.1 Å². The second-order valence-corrected chi connectivity index (χ2v) is 5.74. The largest absolute Gasteiger partial charge is 0.394 e. The van der Waals surface area contributed by atoms with Gasteiger partial charge in [-0.05, 0) is 17.9 Å². The monoisotopic (exact) mass is 299 g/mol. The average Bonchev–Trinajstić information content (AvgIpc) is 3.13. The number of H-pyrrole nitrogens is 1. The van der Waals surface area contributed by atoms with Crippen molar-refractivity contribution in [2.24, 2.45) is 0 Å². The maximum absolute atomic E-state index is 12.7. The van der Waals surface area contributed by atoms with E-state index in [9.17, 15) is 9.90 Å². The molecule has 22 heavy (non-hydrogen) atoms. The van der Waals surface area contributed by atoms with Gasteiger partial charge in [0.05, 0.1) is 31.1 Å².